The van der Waals surface area contributed by atoms with Crippen molar-refractivity contribution in [1.82, 2.24) is 4.98 Å². The van der Waals surface area contributed by atoms with Gasteiger partial charge in [0.2, 0.25) is 0 Å². The van der Waals surface area contributed by atoms with E-state index in [1.807, 2.05) is 18.2 Å². The smallest absolute Gasteiger partial charge is 0.0404 e. The van der Waals surface area contributed by atoms with Crippen molar-refractivity contribution >= 4 is 6.21 Å². The van der Waals surface area contributed by atoms with Gasteiger partial charge in [-0.3, -0.25) is 4.98 Å². The molecule has 0 atom stereocenters. The van der Waals surface area contributed by atoms with Crippen LogP contribution in [0, 0.1) is 0 Å². The fourth-order valence-electron chi connectivity index (χ4n) is 0.313. The second-order valence-electron chi connectivity index (χ2n) is 1.40. The fourth-order valence-corrected chi connectivity index (χ4v) is 0.313. The normalized spacial score (nSPS) is 8.50. The zero-order chi connectivity index (χ0) is 7.66. The molecule has 0 saturated heterocycles. The Kier molecular flexibility index (Phi) is 6.57. The van der Waals surface area contributed by atoms with Gasteiger partial charge in [-0.05, 0) is 19.1 Å². The summed E-state index contributed by atoms with van der Waals surface area (Å²) in [4.78, 5) is 3.78. The maximum absolute atomic E-state index is 7.44. The molecule has 0 aromatic carbocycles. The standard InChI is InChI=1S/C5H5N.C2H5NO/c1-2-4-6-5-3-1;1-2-3-4/h1-5H;2,4H,1H3/b;3-2+. The van der Waals surface area contributed by atoms with Crippen molar-refractivity contribution in [2.75, 3.05) is 0 Å². The van der Waals surface area contributed by atoms with Crippen molar-refractivity contribution < 1.29 is 5.21 Å². The van der Waals surface area contributed by atoms with Crippen LogP contribution in [0.2, 0.25) is 0 Å². The van der Waals surface area contributed by atoms with E-state index < -0.39 is 0 Å². The lowest BCUT2D eigenvalue weighted by atomic mass is 10.5. The van der Waals surface area contributed by atoms with Gasteiger partial charge in [0.15, 0.2) is 0 Å². The van der Waals surface area contributed by atoms with Crippen molar-refractivity contribution in [3.63, 3.8) is 0 Å². The SMILES string of the molecule is C/C=N/O.c1ccncc1. The van der Waals surface area contributed by atoms with E-state index in [1.54, 1.807) is 19.3 Å². The molecular formula is C7H10N2O. The summed E-state index contributed by atoms with van der Waals surface area (Å²) in [5.74, 6) is 0. The van der Waals surface area contributed by atoms with Gasteiger partial charge in [0.05, 0.1) is 0 Å². The summed E-state index contributed by atoms with van der Waals surface area (Å²) in [5, 5.41) is 10.1. The van der Waals surface area contributed by atoms with E-state index in [0.717, 1.165) is 0 Å². The second-order valence-corrected chi connectivity index (χ2v) is 1.40. The molecule has 1 N–H and O–H groups in total. The quantitative estimate of drug-likeness (QED) is 0.336. The summed E-state index contributed by atoms with van der Waals surface area (Å²) >= 11 is 0. The Hall–Kier alpha value is -1.38. The van der Waals surface area contributed by atoms with Crippen LogP contribution in [-0.2, 0) is 0 Å². The Morgan fingerprint density at radius 1 is 1.30 bits per heavy atom. The molecule has 10 heavy (non-hydrogen) atoms. The summed E-state index contributed by atoms with van der Waals surface area (Å²) in [6.45, 7) is 1.64. The molecule has 0 unspecified atom stereocenters. The third-order valence-corrected chi connectivity index (χ3v) is 0.682. The molecule has 1 rings (SSSR count). The Morgan fingerprint density at radius 3 is 1.90 bits per heavy atom. The van der Waals surface area contributed by atoms with Gasteiger partial charge in [-0.2, -0.15) is 0 Å². The highest BCUT2D eigenvalue weighted by molar-refractivity contribution is 5.51. The van der Waals surface area contributed by atoms with Gasteiger partial charge in [0.1, 0.15) is 0 Å². The van der Waals surface area contributed by atoms with Crippen LogP contribution in [-0.4, -0.2) is 16.4 Å². The van der Waals surface area contributed by atoms with Gasteiger partial charge in [-0.25, -0.2) is 0 Å². The zero-order valence-electron chi connectivity index (χ0n) is 5.81. The lowest BCUT2D eigenvalue weighted by Gasteiger charge is -1.70. The van der Waals surface area contributed by atoms with Crippen molar-refractivity contribution in [3.8, 4) is 0 Å². The summed E-state index contributed by atoms with van der Waals surface area (Å²) in [7, 11) is 0. The molecule has 1 heterocycles. The van der Waals surface area contributed by atoms with Gasteiger partial charge >= 0.3 is 0 Å². The molecule has 1 aromatic heterocycles. The molecule has 1 aromatic rings. The topological polar surface area (TPSA) is 45.5 Å². The molecule has 0 radical (unpaired) electrons. The molecule has 0 aliphatic carbocycles. The van der Waals surface area contributed by atoms with Crippen molar-refractivity contribution in [1.29, 1.82) is 0 Å². The third kappa shape index (κ3) is 6.62. The van der Waals surface area contributed by atoms with Crippen LogP contribution in [0.1, 0.15) is 6.92 Å². The van der Waals surface area contributed by atoms with Crippen LogP contribution in [0.25, 0.3) is 0 Å². The van der Waals surface area contributed by atoms with E-state index >= 15 is 0 Å². The largest absolute Gasteiger partial charge is 0.411 e. The minimum atomic E-state index is 1.31. The number of hydrogen-bond donors (Lipinski definition) is 1. The predicted molar refractivity (Wildman–Crippen MR) is 40.2 cm³/mol. The Bertz CT molecular complexity index is 132. The van der Waals surface area contributed by atoms with Crippen molar-refractivity contribution in [2.45, 2.75) is 6.92 Å². The number of hydrogen-bond acceptors (Lipinski definition) is 3. The van der Waals surface area contributed by atoms with E-state index in [-0.39, 0.29) is 0 Å². The molecule has 0 bridgehead atoms. The highest BCUT2D eigenvalue weighted by atomic mass is 16.4. The van der Waals surface area contributed by atoms with E-state index in [1.165, 1.54) is 6.21 Å². The van der Waals surface area contributed by atoms with Gasteiger partial charge in [0.25, 0.3) is 0 Å². The van der Waals surface area contributed by atoms with Crippen LogP contribution in [0.15, 0.2) is 35.7 Å². The molecule has 3 nitrogen and oxygen atoms in total. The van der Waals surface area contributed by atoms with Crippen LogP contribution >= 0.6 is 0 Å². The van der Waals surface area contributed by atoms with Crippen LogP contribution in [0.3, 0.4) is 0 Å². The lowest BCUT2D eigenvalue weighted by Crippen LogP contribution is -1.58. The van der Waals surface area contributed by atoms with Gasteiger partial charge in [0, 0.05) is 18.6 Å². The molecule has 54 valence electrons. The third-order valence-electron chi connectivity index (χ3n) is 0.682. The molecule has 0 fully saturated rings. The monoisotopic (exact) mass is 138 g/mol. The molecular weight excluding hydrogens is 128 g/mol. The van der Waals surface area contributed by atoms with E-state index in [4.69, 9.17) is 5.21 Å². The van der Waals surface area contributed by atoms with E-state index in [9.17, 15) is 0 Å². The first-order valence-electron chi connectivity index (χ1n) is 2.89. The summed E-state index contributed by atoms with van der Waals surface area (Å²) < 4.78 is 0. The molecule has 3 heteroatoms. The zero-order valence-corrected chi connectivity index (χ0v) is 5.81. The molecule has 0 amide bonds. The predicted octanol–water partition coefficient (Wildman–Crippen LogP) is 1.55. The fraction of sp³-hybridized carbons (Fsp3) is 0.143. The minimum Gasteiger partial charge on any atom is -0.411 e. The first kappa shape index (κ1) is 8.62. The number of oxime groups is 1. The molecule has 0 spiro atoms. The number of rotatable bonds is 0. The molecule has 0 aliphatic heterocycles. The maximum Gasteiger partial charge on any atom is 0.0404 e. The number of nitrogens with zero attached hydrogens (tertiary/aromatic N) is 2. The summed E-state index contributed by atoms with van der Waals surface area (Å²) in [6, 6.07) is 5.72. The van der Waals surface area contributed by atoms with Crippen LogP contribution in [0.4, 0.5) is 0 Å². The lowest BCUT2D eigenvalue weighted by molar-refractivity contribution is 0.321. The molecule has 0 saturated carbocycles. The van der Waals surface area contributed by atoms with Crippen LogP contribution < -0.4 is 0 Å². The number of pyridine rings is 1. The van der Waals surface area contributed by atoms with Crippen molar-refractivity contribution in [3.05, 3.63) is 30.6 Å². The van der Waals surface area contributed by atoms with Crippen molar-refractivity contribution in [2.24, 2.45) is 5.16 Å². The van der Waals surface area contributed by atoms with E-state index in [0.29, 0.717) is 0 Å². The Morgan fingerprint density at radius 2 is 1.80 bits per heavy atom. The first-order chi connectivity index (χ1) is 4.91. The minimum absolute atomic E-state index is 1.31. The highest BCUT2D eigenvalue weighted by Gasteiger charge is 1.58. The second kappa shape index (κ2) is 7.62. The first-order valence-corrected chi connectivity index (χ1v) is 2.89. The van der Waals surface area contributed by atoms with E-state index in [2.05, 4.69) is 10.1 Å². The Labute approximate surface area is 60.0 Å². The van der Waals surface area contributed by atoms with Gasteiger partial charge in [-0.15, -0.1) is 5.16 Å². The average molecular weight is 138 g/mol. The average Bonchev–Trinajstić information content (AvgIpc) is 2.08. The van der Waals surface area contributed by atoms with Gasteiger partial charge < -0.3 is 5.21 Å². The van der Waals surface area contributed by atoms with Crippen LogP contribution in [0.5, 0.6) is 0 Å². The summed E-state index contributed by atoms with van der Waals surface area (Å²) in [6.07, 6.45) is 4.81. The highest BCUT2D eigenvalue weighted by Crippen LogP contribution is 1.73. The molecule has 0 aliphatic rings. The maximum atomic E-state index is 7.44. The van der Waals surface area contributed by atoms with Gasteiger partial charge in [-0.1, -0.05) is 6.07 Å². The number of aromatic nitrogens is 1. The Balaban J connectivity index is 0.000000180. The summed E-state index contributed by atoms with van der Waals surface area (Å²) in [5.41, 5.74) is 0.